The molecule has 0 saturated heterocycles. The molecule has 1 aromatic carbocycles. The predicted molar refractivity (Wildman–Crippen MR) is 73.8 cm³/mol. The van der Waals surface area contributed by atoms with Gasteiger partial charge >= 0.3 is 0 Å². The third-order valence-corrected chi connectivity index (χ3v) is 3.93. The minimum absolute atomic E-state index is 0. The fourth-order valence-electron chi connectivity index (χ4n) is 1.74. The van der Waals surface area contributed by atoms with E-state index in [2.05, 4.69) is 20.8 Å². The molecule has 0 N–H and O–H groups in total. The summed E-state index contributed by atoms with van der Waals surface area (Å²) >= 11 is 11.9. The lowest BCUT2D eigenvalue weighted by Crippen LogP contribution is -3.00. The van der Waals surface area contributed by atoms with Crippen LogP contribution in [0.15, 0.2) is 18.2 Å². The average molecular weight is 313 g/mol. The van der Waals surface area contributed by atoms with Gasteiger partial charge in [-0.1, -0.05) is 23.2 Å². The number of benzene rings is 1. The molecule has 0 spiro atoms. The van der Waals surface area contributed by atoms with Crippen LogP contribution in [0.2, 0.25) is 10.0 Å². The molecule has 0 atom stereocenters. The Balaban J connectivity index is 0.00000289. The van der Waals surface area contributed by atoms with E-state index in [1.165, 1.54) is 0 Å². The summed E-state index contributed by atoms with van der Waals surface area (Å²) in [5.74, 6) is 0.703. The number of ether oxygens (including phenoxy) is 1. The maximum absolute atomic E-state index is 6.07. The molecule has 18 heavy (non-hydrogen) atoms. The summed E-state index contributed by atoms with van der Waals surface area (Å²) in [7, 11) is 0. The van der Waals surface area contributed by atoms with E-state index in [-0.39, 0.29) is 12.4 Å². The topological polar surface area (TPSA) is 9.23 Å². The first kappa shape index (κ1) is 17.8. The molecular formula is C13H20Cl3NO. The minimum atomic E-state index is 0. The highest BCUT2D eigenvalue weighted by Crippen LogP contribution is 2.28. The van der Waals surface area contributed by atoms with Gasteiger partial charge in [0.25, 0.3) is 0 Å². The highest BCUT2D eigenvalue weighted by atomic mass is 35.5. The van der Waals surface area contributed by atoms with Gasteiger partial charge in [-0.25, -0.2) is 0 Å². The van der Waals surface area contributed by atoms with Crippen LogP contribution in [-0.4, -0.2) is 30.8 Å². The van der Waals surface area contributed by atoms with Crippen LogP contribution in [0.4, 0.5) is 0 Å². The van der Waals surface area contributed by atoms with Crippen molar-refractivity contribution in [2.45, 2.75) is 20.8 Å². The van der Waals surface area contributed by atoms with E-state index in [4.69, 9.17) is 27.9 Å². The minimum Gasteiger partial charge on any atom is -1.00 e. The maximum atomic E-state index is 6.07. The fraction of sp³-hybridized carbons (Fsp3) is 0.538. The summed E-state index contributed by atoms with van der Waals surface area (Å²) in [4.78, 5) is 0. The van der Waals surface area contributed by atoms with Gasteiger partial charge in [0.2, 0.25) is 6.73 Å². The van der Waals surface area contributed by atoms with E-state index in [0.29, 0.717) is 22.5 Å². The van der Waals surface area contributed by atoms with Crippen LogP contribution in [0, 0.1) is 0 Å². The molecule has 1 aromatic rings. The molecule has 0 amide bonds. The second-order valence-electron chi connectivity index (χ2n) is 4.14. The monoisotopic (exact) mass is 311 g/mol. The Bertz CT molecular complexity index is 359. The van der Waals surface area contributed by atoms with Crippen molar-refractivity contribution in [3.8, 4) is 5.75 Å². The summed E-state index contributed by atoms with van der Waals surface area (Å²) in [6.07, 6.45) is 0. The van der Waals surface area contributed by atoms with Crippen LogP contribution in [0.25, 0.3) is 0 Å². The number of hydrogen-bond donors (Lipinski definition) is 0. The molecule has 0 heterocycles. The van der Waals surface area contributed by atoms with Gasteiger partial charge in [-0.15, -0.1) is 0 Å². The standard InChI is InChI=1S/C13H20Cl2NO.ClH/c1-4-16(5-2,6-3)10-17-13-8-7-11(14)9-12(13)15;/h7-9H,4-6,10H2,1-3H3;1H/q+1;/p-1. The van der Waals surface area contributed by atoms with Crippen LogP contribution in [-0.2, 0) is 0 Å². The second-order valence-corrected chi connectivity index (χ2v) is 4.98. The van der Waals surface area contributed by atoms with Crippen LogP contribution >= 0.6 is 23.2 Å². The Morgan fingerprint density at radius 3 is 2.06 bits per heavy atom. The van der Waals surface area contributed by atoms with Gasteiger partial charge in [-0.2, -0.15) is 0 Å². The van der Waals surface area contributed by atoms with Crippen molar-refractivity contribution in [1.82, 2.24) is 0 Å². The van der Waals surface area contributed by atoms with Gasteiger partial charge in [-0.05, 0) is 39.0 Å². The summed E-state index contributed by atoms with van der Waals surface area (Å²) in [6.45, 7) is 10.3. The predicted octanol–water partition coefficient (Wildman–Crippen LogP) is 1.21. The smallest absolute Gasteiger partial charge is 0.224 e. The molecule has 0 bridgehead atoms. The molecule has 0 aliphatic heterocycles. The highest BCUT2D eigenvalue weighted by molar-refractivity contribution is 6.35. The number of halogens is 3. The largest absolute Gasteiger partial charge is 1.00 e. The zero-order chi connectivity index (χ0) is 12.9. The third kappa shape index (κ3) is 4.51. The SMILES string of the molecule is CC[N+](CC)(CC)COc1ccc(Cl)cc1Cl.[Cl-]. The lowest BCUT2D eigenvalue weighted by molar-refractivity contribution is -0.937. The summed E-state index contributed by atoms with van der Waals surface area (Å²) < 4.78 is 6.74. The van der Waals surface area contributed by atoms with Crippen molar-refractivity contribution >= 4 is 23.2 Å². The van der Waals surface area contributed by atoms with E-state index in [1.54, 1.807) is 12.1 Å². The fourth-order valence-corrected chi connectivity index (χ4v) is 2.21. The number of rotatable bonds is 6. The van der Waals surface area contributed by atoms with Crippen molar-refractivity contribution in [2.24, 2.45) is 0 Å². The van der Waals surface area contributed by atoms with Gasteiger partial charge in [0, 0.05) is 5.02 Å². The molecule has 0 aromatic heterocycles. The molecule has 0 radical (unpaired) electrons. The van der Waals surface area contributed by atoms with Gasteiger partial charge in [0.1, 0.15) is 5.75 Å². The second kappa shape index (κ2) is 8.11. The Morgan fingerprint density at radius 2 is 1.61 bits per heavy atom. The molecule has 0 fully saturated rings. The van der Waals surface area contributed by atoms with Gasteiger partial charge < -0.3 is 17.1 Å². The third-order valence-electron chi connectivity index (χ3n) is 3.40. The first-order valence-electron chi connectivity index (χ1n) is 6.00. The highest BCUT2D eigenvalue weighted by Gasteiger charge is 2.21. The molecule has 104 valence electrons. The van der Waals surface area contributed by atoms with Gasteiger partial charge in [0.15, 0.2) is 0 Å². The number of hydrogen-bond acceptors (Lipinski definition) is 1. The quantitative estimate of drug-likeness (QED) is 0.567. The van der Waals surface area contributed by atoms with E-state index in [1.807, 2.05) is 6.07 Å². The Kier molecular flexibility index (Phi) is 8.04. The van der Waals surface area contributed by atoms with Crippen molar-refractivity contribution in [3.63, 3.8) is 0 Å². The molecule has 0 aliphatic carbocycles. The van der Waals surface area contributed by atoms with Gasteiger partial charge in [0.05, 0.1) is 24.7 Å². The van der Waals surface area contributed by atoms with E-state index in [0.717, 1.165) is 24.1 Å². The van der Waals surface area contributed by atoms with Crippen molar-refractivity contribution in [2.75, 3.05) is 26.4 Å². The maximum Gasteiger partial charge on any atom is 0.224 e. The first-order chi connectivity index (χ1) is 8.06. The molecule has 0 saturated carbocycles. The van der Waals surface area contributed by atoms with Crippen LogP contribution < -0.4 is 17.1 Å². The summed E-state index contributed by atoms with van der Waals surface area (Å²) in [6, 6.07) is 5.32. The summed E-state index contributed by atoms with van der Waals surface area (Å²) in [5, 5.41) is 1.20. The average Bonchev–Trinajstić information content (AvgIpc) is 2.33. The van der Waals surface area contributed by atoms with Crippen LogP contribution in [0.5, 0.6) is 5.75 Å². The normalized spacial score (nSPS) is 10.9. The Labute approximate surface area is 126 Å². The number of quaternary nitrogens is 1. The van der Waals surface area contributed by atoms with Crippen LogP contribution in [0.1, 0.15) is 20.8 Å². The van der Waals surface area contributed by atoms with Gasteiger partial charge in [-0.3, -0.25) is 4.48 Å². The molecule has 2 nitrogen and oxygen atoms in total. The Morgan fingerprint density at radius 1 is 1.06 bits per heavy atom. The Hall–Kier alpha value is -0.150. The van der Waals surface area contributed by atoms with E-state index in [9.17, 15) is 0 Å². The van der Waals surface area contributed by atoms with E-state index >= 15 is 0 Å². The lowest BCUT2D eigenvalue weighted by atomic mass is 10.3. The molecular weight excluding hydrogens is 293 g/mol. The molecule has 0 aliphatic rings. The summed E-state index contributed by atoms with van der Waals surface area (Å²) in [5.41, 5.74) is 0. The zero-order valence-electron chi connectivity index (χ0n) is 11.0. The lowest BCUT2D eigenvalue weighted by Gasteiger charge is -2.35. The molecule has 1 rings (SSSR count). The number of nitrogens with zero attached hydrogens (tertiary/aromatic N) is 1. The van der Waals surface area contributed by atoms with Crippen molar-refractivity contribution < 1.29 is 21.6 Å². The zero-order valence-corrected chi connectivity index (χ0v) is 13.3. The first-order valence-corrected chi connectivity index (χ1v) is 6.75. The van der Waals surface area contributed by atoms with Crippen molar-refractivity contribution in [1.29, 1.82) is 0 Å². The van der Waals surface area contributed by atoms with Crippen molar-refractivity contribution in [3.05, 3.63) is 28.2 Å². The van der Waals surface area contributed by atoms with E-state index < -0.39 is 0 Å². The molecule has 0 unspecified atom stereocenters. The van der Waals surface area contributed by atoms with Crippen LogP contribution in [0.3, 0.4) is 0 Å². The molecule has 5 heteroatoms.